The lowest BCUT2D eigenvalue weighted by molar-refractivity contribution is 0.983. The lowest BCUT2D eigenvalue weighted by Gasteiger charge is -2.12. The molecule has 2 heterocycles. The molecule has 0 saturated carbocycles. The van der Waals surface area contributed by atoms with E-state index in [0.717, 1.165) is 11.3 Å². The van der Waals surface area contributed by atoms with Crippen LogP contribution in [0.1, 0.15) is 5.56 Å². The fourth-order valence-corrected chi connectivity index (χ4v) is 2.97. The van der Waals surface area contributed by atoms with Crippen molar-refractivity contribution in [2.45, 2.75) is 0 Å². The first-order valence-corrected chi connectivity index (χ1v) is 8.37. The molecule has 4 rings (SSSR count). The smallest absolute Gasteiger partial charge is 0.263 e. The standard InChI is InChI=1S/C22H14N4O/c23-14-16-7-4-5-10-19(16)20-13-17(21-11-6-12-24-25-21)15-26(22(20)27)18-8-2-1-3-9-18/h1-13,15H. The number of pyridine rings is 1. The second-order valence-electron chi connectivity index (χ2n) is 5.92. The number of para-hydroxylation sites is 1. The number of rotatable bonds is 3. The van der Waals surface area contributed by atoms with Crippen LogP contribution in [0.15, 0.2) is 90.0 Å². The molecule has 2 aromatic carbocycles. The van der Waals surface area contributed by atoms with Crippen molar-refractivity contribution >= 4 is 0 Å². The van der Waals surface area contributed by atoms with Crippen molar-refractivity contribution in [3.63, 3.8) is 0 Å². The minimum atomic E-state index is -0.198. The maximum Gasteiger partial charge on any atom is 0.263 e. The first-order chi connectivity index (χ1) is 13.3. The zero-order valence-electron chi connectivity index (χ0n) is 14.3. The van der Waals surface area contributed by atoms with E-state index >= 15 is 0 Å². The van der Waals surface area contributed by atoms with E-state index in [9.17, 15) is 10.1 Å². The highest BCUT2D eigenvalue weighted by Gasteiger charge is 2.14. The second kappa shape index (κ2) is 7.06. The van der Waals surface area contributed by atoms with Crippen LogP contribution in [-0.2, 0) is 0 Å². The summed E-state index contributed by atoms with van der Waals surface area (Å²) >= 11 is 0. The van der Waals surface area contributed by atoms with Crippen LogP contribution in [0.3, 0.4) is 0 Å². The molecule has 128 valence electrons. The summed E-state index contributed by atoms with van der Waals surface area (Å²) in [5.41, 5.74) is 3.43. The zero-order chi connectivity index (χ0) is 18.6. The van der Waals surface area contributed by atoms with Crippen molar-refractivity contribution in [1.82, 2.24) is 14.8 Å². The number of hydrogen-bond acceptors (Lipinski definition) is 4. The van der Waals surface area contributed by atoms with Crippen LogP contribution >= 0.6 is 0 Å². The van der Waals surface area contributed by atoms with Crippen molar-refractivity contribution in [3.05, 3.63) is 101 Å². The molecule has 0 spiro atoms. The zero-order valence-corrected chi connectivity index (χ0v) is 14.3. The third-order valence-electron chi connectivity index (χ3n) is 4.26. The molecule has 0 aliphatic heterocycles. The predicted octanol–water partition coefficient (Wildman–Crippen LogP) is 3.83. The number of benzene rings is 2. The van der Waals surface area contributed by atoms with Crippen molar-refractivity contribution < 1.29 is 0 Å². The fourth-order valence-electron chi connectivity index (χ4n) is 2.97. The second-order valence-corrected chi connectivity index (χ2v) is 5.92. The summed E-state index contributed by atoms with van der Waals surface area (Å²) in [5.74, 6) is 0. The van der Waals surface area contributed by atoms with Crippen LogP contribution in [0.4, 0.5) is 0 Å². The SMILES string of the molecule is N#Cc1ccccc1-c1cc(-c2cccnn2)cn(-c2ccccc2)c1=O. The Labute approximate surface area is 155 Å². The van der Waals surface area contributed by atoms with E-state index in [-0.39, 0.29) is 5.56 Å². The van der Waals surface area contributed by atoms with E-state index in [1.165, 1.54) is 0 Å². The Balaban J connectivity index is 2.04. The third kappa shape index (κ3) is 3.12. The van der Waals surface area contributed by atoms with E-state index in [1.54, 1.807) is 47.3 Å². The van der Waals surface area contributed by atoms with Gasteiger partial charge in [-0.25, -0.2) is 0 Å². The molecule has 0 unspecified atom stereocenters. The van der Waals surface area contributed by atoms with Crippen LogP contribution < -0.4 is 5.56 Å². The fraction of sp³-hybridized carbons (Fsp3) is 0. The Hall–Kier alpha value is -4.04. The van der Waals surface area contributed by atoms with Crippen molar-refractivity contribution in [3.8, 4) is 34.1 Å². The van der Waals surface area contributed by atoms with E-state index in [2.05, 4.69) is 16.3 Å². The van der Waals surface area contributed by atoms with Gasteiger partial charge in [-0.15, -0.1) is 0 Å². The molecule has 0 N–H and O–H groups in total. The number of hydrogen-bond donors (Lipinski definition) is 0. The average Bonchev–Trinajstić information content (AvgIpc) is 2.75. The lowest BCUT2D eigenvalue weighted by Crippen LogP contribution is -2.20. The number of aromatic nitrogens is 3. The molecular formula is C22H14N4O. The molecule has 0 saturated heterocycles. The summed E-state index contributed by atoms with van der Waals surface area (Å²) in [6.07, 6.45) is 3.35. The monoisotopic (exact) mass is 350 g/mol. The van der Waals surface area contributed by atoms with Gasteiger partial charge < -0.3 is 0 Å². The predicted molar refractivity (Wildman–Crippen MR) is 103 cm³/mol. The van der Waals surface area contributed by atoms with Gasteiger partial charge in [-0.3, -0.25) is 9.36 Å². The Morgan fingerprint density at radius 3 is 2.41 bits per heavy atom. The van der Waals surface area contributed by atoms with Gasteiger partial charge in [0.1, 0.15) is 0 Å². The van der Waals surface area contributed by atoms with Gasteiger partial charge in [-0.1, -0.05) is 36.4 Å². The van der Waals surface area contributed by atoms with Gasteiger partial charge in [-0.2, -0.15) is 15.5 Å². The van der Waals surface area contributed by atoms with Gasteiger partial charge in [0, 0.05) is 34.8 Å². The molecule has 0 fully saturated rings. The molecule has 5 heteroatoms. The molecule has 0 radical (unpaired) electrons. The summed E-state index contributed by atoms with van der Waals surface area (Å²) in [6, 6.07) is 24.0. The summed E-state index contributed by atoms with van der Waals surface area (Å²) < 4.78 is 1.58. The van der Waals surface area contributed by atoms with Crippen molar-refractivity contribution in [2.75, 3.05) is 0 Å². The van der Waals surface area contributed by atoms with Crippen LogP contribution in [0, 0.1) is 11.3 Å². The summed E-state index contributed by atoms with van der Waals surface area (Å²) in [4.78, 5) is 13.2. The van der Waals surface area contributed by atoms with Gasteiger partial charge >= 0.3 is 0 Å². The molecule has 2 aromatic heterocycles. The molecule has 27 heavy (non-hydrogen) atoms. The highest BCUT2D eigenvalue weighted by molar-refractivity contribution is 5.74. The number of nitriles is 1. The molecule has 0 amide bonds. The molecule has 0 bridgehead atoms. The Kier molecular flexibility index (Phi) is 4.30. The molecule has 5 nitrogen and oxygen atoms in total. The van der Waals surface area contributed by atoms with Crippen molar-refractivity contribution in [1.29, 1.82) is 5.26 Å². The molecule has 4 aromatic rings. The first kappa shape index (κ1) is 16.4. The minimum absolute atomic E-state index is 0.198. The van der Waals surface area contributed by atoms with Gasteiger partial charge in [-0.05, 0) is 36.4 Å². The summed E-state index contributed by atoms with van der Waals surface area (Å²) in [6.45, 7) is 0. The highest BCUT2D eigenvalue weighted by atomic mass is 16.1. The van der Waals surface area contributed by atoms with Crippen LogP contribution in [0.5, 0.6) is 0 Å². The van der Waals surface area contributed by atoms with Crippen LogP contribution in [0.25, 0.3) is 28.1 Å². The molecule has 0 aliphatic carbocycles. The minimum Gasteiger partial charge on any atom is -0.283 e. The Morgan fingerprint density at radius 2 is 1.67 bits per heavy atom. The third-order valence-corrected chi connectivity index (χ3v) is 4.26. The lowest BCUT2D eigenvalue weighted by atomic mass is 9.99. The van der Waals surface area contributed by atoms with Gasteiger partial charge in [0.05, 0.1) is 17.3 Å². The molecular weight excluding hydrogens is 336 g/mol. The van der Waals surface area contributed by atoms with E-state index in [4.69, 9.17) is 0 Å². The quantitative estimate of drug-likeness (QED) is 0.563. The van der Waals surface area contributed by atoms with Gasteiger partial charge in [0.25, 0.3) is 5.56 Å². The maximum absolute atomic E-state index is 13.2. The van der Waals surface area contributed by atoms with E-state index in [0.29, 0.717) is 22.4 Å². The van der Waals surface area contributed by atoms with Crippen LogP contribution in [-0.4, -0.2) is 14.8 Å². The Morgan fingerprint density at radius 1 is 0.889 bits per heavy atom. The molecule has 0 aliphatic rings. The van der Waals surface area contributed by atoms with Crippen molar-refractivity contribution in [2.24, 2.45) is 0 Å². The highest BCUT2D eigenvalue weighted by Crippen LogP contribution is 2.25. The van der Waals surface area contributed by atoms with Crippen LogP contribution in [0.2, 0.25) is 0 Å². The average molecular weight is 350 g/mol. The molecule has 0 atom stereocenters. The maximum atomic E-state index is 13.2. The summed E-state index contributed by atoms with van der Waals surface area (Å²) in [5, 5.41) is 17.6. The first-order valence-electron chi connectivity index (χ1n) is 8.37. The summed E-state index contributed by atoms with van der Waals surface area (Å²) in [7, 11) is 0. The van der Waals surface area contributed by atoms with Gasteiger partial charge in [0.15, 0.2) is 0 Å². The largest absolute Gasteiger partial charge is 0.283 e. The Bertz CT molecular complexity index is 1190. The van der Waals surface area contributed by atoms with E-state index < -0.39 is 0 Å². The number of nitrogens with zero attached hydrogens (tertiary/aromatic N) is 4. The normalized spacial score (nSPS) is 10.3. The van der Waals surface area contributed by atoms with E-state index in [1.807, 2.05) is 42.5 Å². The van der Waals surface area contributed by atoms with Gasteiger partial charge in [0.2, 0.25) is 0 Å². The topological polar surface area (TPSA) is 71.6 Å².